The molecular weight excluding hydrogens is 198 g/mol. The fourth-order valence-electron chi connectivity index (χ4n) is 1.72. The summed E-state index contributed by atoms with van der Waals surface area (Å²) >= 11 is 0. The molecule has 1 aliphatic heterocycles. The highest BCUT2D eigenvalue weighted by Gasteiger charge is 2.31. The molecular formula is C10H11NO4. The maximum Gasteiger partial charge on any atom is 0.308 e. The lowest BCUT2D eigenvalue weighted by Gasteiger charge is -2.13. The second-order valence-corrected chi connectivity index (χ2v) is 3.59. The largest absolute Gasteiger partial charge is 0.481 e. The van der Waals surface area contributed by atoms with E-state index in [1.54, 1.807) is 11.0 Å². The molecule has 0 aromatic carbocycles. The molecule has 0 unspecified atom stereocenters. The predicted octanol–water partition coefficient (Wildman–Crippen LogP) is 0.826. The highest BCUT2D eigenvalue weighted by molar-refractivity contribution is 5.94. The third kappa shape index (κ3) is 1.86. The van der Waals surface area contributed by atoms with Crippen molar-refractivity contribution in [2.45, 2.75) is 6.42 Å². The van der Waals surface area contributed by atoms with E-state index in [0.29, 0.717) is 25.1 Å². The Morgan fingerprint density at radius 1 is 1.53 bits per heavy atom. The summed E-state index contributed by atoms with van der Waals surface area (Å²) in [6.07, 6.45) is 3.33. The average molecular weight is 209 g/mol. The van der Waals surface area contributed by atoms with Gasteiger partial charge in [-0.1, -0.05) is 0 Å². The SMILES string of the molecule is O=C(O)[C@@H]1CCN(C(=O)c2ccoc2)C1. The van der Waals surface area contributed by atoms with Crippen molar-refractivity contribution in [2.24, 2.45) is 5.92 Å². The Balaban J connectivity index is 2.02. The van der Waals surface area contributed by atoms with Gasteiger partial charge in [-0.25, -0.2) is 0 Å². The van der Waals surface area contributed by atoms with E-state index < -0.39 is 11.9 Å². The molecule has 0 saturated carbocycles. The Kier molecular flexibility index (Phi) is 2.45. The summed E-state index contributed by atoms with van der Waals surface area (Å²) < 4.78 is 4.81. The smallest absolute Gasteiger partial charge is 0.308 e. The molecule has 1 saturated heterocycles. The van der Waals surface area contributed by atoms with Gasteiger partial charge in [0, 0.05) is 13.1 Å². The van der Waals surface area contributed by atoms with Crippen LogP contribution in [0.3, 0.4) is 0 Å². The van der Waals surface area contributed by atoms with Crippen molar-refractivity contribution in [3.05, 3.63) is 24.2 Å². The Bertz CT molecular complexity index is 371. The molecule has 1 atom stereocenters. The quantitative estimate of drug-likeness (QED) is 0.783. The lowest BCUT2D eigenvalue weighted by atomic mass is 10.1. The van der Waals surface area contributed by atoms with Crippen molar-refractivity contribution in [3.8, 4) is 0 Å². The topological polar surface area (TPSA) is 70.8 Å². The first-order valence-electron chi connectivity index (χ1n) is 4.73. The van der Waals surface area contributed by atoms with Gasteiger partial charge in [0.05, 0.1) is 17.7 Å². The number of nitrogens with zero attached hydrogens (tertiary/aromatic N) is 1. The van der Waals surface area contributed by atoms with Gasteiger partial charge in [0.2, 0.25) is 0 Å². The average Bonchev–Trinajstić information content (AvgIpc) is 2.88. The Labute approximate surface area is 86.3 Å². The van der Waals surface area contributed by atoms with Gasteiger partial charge >= 0.3 is 5.97 Å². The number of amides is 1. The minimum Gasteiger partial charge on any atom is -0.481 e. The van der Waals surface area contributed by atoms with Crippen LogP contribution in [0.5, 0.6) is 0 Å². The number of furan rings is 1. The summed E-state index contributed by atoms with van der Waals surface area (Å²) in [5, 5.41) is 8.79. The lowest BCUT2D eigenvalue weighted by Crippen LogP contribution is -2.29. The maximum atomic E-state index is 11.7. The summed E-state index contributed by atoms with van der Waals surface area (Å²) in [5.74, 6) is -1.43. The second-order valence-electron chi connectivity index (χ2n) is 3.59. The number of aliphatic carboxylic acids is 1. The molecule has 5 heteroatoms. The molecule has 1 aliphatic rings. The van der Waals surface area contributed by atoms with Crippen LogP contribution in [-0.2, 0) is 4.79 Å². The van der Waals surface area contributed by atoms with Gasteiger partial charge in [0.25, 0.3) is 5.91 Å². The van der Waals surface area contributed by atoms with Crippen LogP contribution in [0.1, 0.15) is 16.8 Å². The molecule has 0 aliphatic carbocycles. The van der Waals surface area contributed by atoms with Gasteiger partial charge in [-0.2, -0.15) is 0 Å². The molecule has 0 radical (unpaired) electrons. The van der Waals surface area contributed by atoms with E-state index in [9.17, 15) is 9.59 Å². The first-order valence-corrected chi connectivity index (χ1v) is 4.73. The van der Waals surface area contributed by atoms with E-state index in [0.717, 1.165) is 0 Å². The summed E-state index contributed by atoms with van der Waals surface area (Å²) in [6.45, 7) is 0.792. The zero-order chi connectivity index (χ0) is 10.8. The van der Waals surface area contributed by atoms with Crippen molar-refractivity contribution in [1.82, 2.24) is 4.90 Å². The van der Waals surface area contributed by atoms with Crippen molar-refractivity contribution >= 4 is 11.9 Å². The summed E-state index contributed by atoms with van der Waals surface area (Å²) in [7, 11) is 0. The number of carbonyl (C=O) groups excluding carboxylic acids is 1. The second kappa shape index (κ2) is 3.76. The molecule has 1 aromatic rings. The number of hydrogen-bond acceptors (Lipinski definition) is 3. The van der Waals surface area contributed by atoms with E-state index in [-0.39, 0.29) is 5.91 Å². The van der Waals surface area contributed by atoms with Gasteiger partial charge < -0.3 is 14.4 Å². The third-order valence-corrected chi connectivity index (χ3v) is 2.59. The normalized spacial score (nSPS) is 20.5. The van der Waals surface area contributed by atoms with Crippen LogP contribution >= 0.6 is 0 Å². The molecule has 2 heterocycles. The first-order chi connectivity index (χ1) is 7.18. The van der Waals surface area contributed by atoms with Gasteiger partial charge in [0.15, 0.2) is 0 Å². The van der Waals surface area contributed by atoms with Gasteiger partial charge in [-0.15, -0.1) is 0 Å². The molecule has 80 valence electrons. The van der Waals surface area contributed by atoms with Crippen molar-refractivity contribution in [3.63, 3.8) is 0 Å². The molecule has 2 rings (SSSR count). The van der Waals surface area contributed by atoms with Crippen molar-refractivity contribution < 1.29 is 19.1 Å². The fourth-order valence-corrected chi connectivity index (χ4v) is 1.72. The summed E-state index contributed by atoms with van der Waals surface area (Å²) in [6, 6.07) is 1.58. The summed E-state index contributed by atoms with van der Waals surface area (Å²) in [5.41, 5.74) is 0.473. The molecule has 0 bridgehead atoms. The minimum atomic E-state index is -0.836. The van der Waals surface area contributed by atoms with Crippen LogP contribution in [0.25, 0.3) is 0 Å². The molecule has 1 aromatic heterocycles. The zero-order valence-corrected chi connectivity index (χ0v) is 8.05. The Morgan fingerprint density at radius 3 is 2.87 bits per heavy atom. The number of carbonyl (C=O) groups is 2. The summed E-state index contributed by atoms with van der Waals surface area (Å²) in [4.78, 5) is 24.0. The van der Waals surface area contributed by atoms with Gasteiger partial charge in [0.1, 0.15) is 6.26 Å². The number of carboxylic acids is 1. The van der Waals surface area contributed by atoms with E-state index in [1.165, 1.54) is 12.5 Å². The van der Waals surface area contributed by atoms with Gasteiger partial charge in [-0.3, -0.25) is 9.59 Å². The van der Waals surface area contributed by atoms with E-state index in [2.05, 4.69) is 0 Å². The number of hydrogen-bond donors (Lipinski definition) is 1. The number of likely N-dealkylation sites (tertiary alicyclic amines) is 1. The molecule has 0 spiro atoms. The lowest BCUT2D eigenvalue weighted by molar-refractivity contribution is -0.141. The highest BCUT2D eigenvalue weighted by atomic mass is 16.4. The monoisotopic (exact) mass is 209 g/mol. The fraction of sp³-hybridized carbons (Fsp3) is 0.400. The minimum absolute atomic E-state index is 0.160. The van der Waals surface area contributed by atoms with E-state index in [1.807, 2.05) is 0 Å². The molecule has 15 heavy (non-hydrogen) atoms. The maximum absolute atomic E-state index is 11.7. The molecule has 5 nitrogen and oxygen atoms in total. The van der Waals surface area contributed by atoms with Crippen molar-refractivity contribution in [1.29, 1.82) is 0 Å². The Hall–Kier alpha value is -1.78. The molecule has 1 N–H and O–H groups in total. The number of carboxylic acid groups (broad SMARTS) is 1. The first kappa shape index (κ1) is 9.76. The van der Waals surface area contributed by atoms with Crippen LogP contribution in [0, 0.1) is 5.92 Å². The molecule has 1 fully saturated rings. The van der Waals surface area contributed by atoms with Crippen LogP contribution in [0.2, 0.25) is 0 Å². The van der Waals surface area contributed by atoms with E-state index in [4.69, 9.17) is 9.52 Å². The van der Waals surface area contributed by atoms with Gasteiger partial charge in [-0.05, 0) is 12.5 Å². The Morgan fingerprint density at radius 2 is 2.33 bits per heavy atom. The standard InChI is InChI=1S/C10H11NO4/c12-9(8-2-4-15-6-8)11-3-1-7(5-11)10(13)14/h2,4,6-7H,1,3,5H2,(H,13,14)/t7-/m1/s1. The van der Waals surface area contributed by atoms with Crippen LogP contribution in [0.15, 0.2) is 23.0 Å². The molecule has 1 amide bonds. The number of rotatable bonds is 2. The zero-order valence-electron chi connectivity index (χ0n) is 8.05. The highest BCUT2D eigenvalue weighted by Crippen LogP contribution is 2.18. The van der Waals surface area contributed by atoms with Crippen LogP contribution in [0.4, 0.5) is 0 Å². The predicted molar refractivity (Wildman–Crippen MR) is 50.4 cm³/mol. The van der Waals surface area contributed by atoms with E-state index >= 15 is 0 Å². The van der Waals surface area contributed by atoms with Crippen molar-refractivity contribution in [2.75, 3.05) is 13.1 Å². The van der Waals surface area contributed by atoms with Crippen LogP contribution < -0.4 is 0 Å². The third-order valence-electron chi connectivity index (χ3n) is 2.59. The van der Waals surface area contributed by atoms with Crippen LogP contribution in [-0.4, -0.2) is 35.0 Å².